The first kappa shape index (κ1) is 22.1. The number of anilines is 2. The van der Waals surface area contributed by atoms with Crippen molar-refractivity contribution in [2.24, 2.45) is 10.4 Å². The molecule has 2 N–H and O–H groups in total. The number of hydrogen-bond donors (Lipinski definition) is 2. The minimum atomic E-state index is -1.42. The maximum Gasteiger partial charge on any atom is 0.325 e. The van der Waals surface area contributed by atoms with E-state index in [1.54, 1.807) is 0 Å². The number of thiazole rings is 1. The molecule has 1 aromatic heterocycles. The van der Waals surface area contributed by atoms with Crippen LogP contribution >= 0.6 is 11.3 Å². The van der Waals surface area contributed by atoms with Gasteiger partial charge in [-0.25, -0.2) is 27.9 Å². The molecule has 2 aromatic rings. The summed E-state index contributed by atoms with van der Waals surface area (Å²) in [5.74, 6) is -1.71. The SMILES string of the molecule is CCC(C)(C)C1CN=C(C(F)Cc2cnc(NC(=O)Nc3c(F)cccc3F)s2)O1. The number of carbonyl (C=O) groups excluding carboxylic acids is 1. The number of urea groups is 1. The monoisotopic (exact) mass is 440 g/mol. The van der Waals surface area contributed by atoms with Crippen LogP contribution in [-0.2, 0) is 11.2 Å². The highest BCUT2D eigenvalue weighted by molar-refractivity contribution is 7.15. The molecular weight excluding hydrogens is 417 g/mol. The second-order valence-corrected chi connectivity index (χ2v) is 8.72. The summed E-state index contributed by atoms with van der Waals surface area (Å²) in [4.78, 5) is 20.8. The van der Waals surface area contributed by atoms with Crippen molar-refractivity contribution in [3.63, 3.8) is 0 Å². The van der Waals surface area contributed by atoms with Crippen molar-refractivity contribution in [3.05, 3.63) is 40.9 Å². The van der Waals surface area contributed by atoms with E-state index < -0.39 is 29.5 Å². The third-order valence-corrected chi connectivity index (χ3v) is 6.02. The molecule has 0 bridgehead atoms. The molecule has 0 saturated carbocycles. The standard InChI is InChI=1S/C20H23F3N4O2S/c1-4-20(2,3)15-10-24-17(29-15)14(23)8-11-9-25-19(30-11)27-18(28)26-16-12(21)6-5-7-13(16)22/h5-7,9,14-15H,4,8,10H2,1-3H3,(H2,25,26,27,28). The van der Waals surface area contributed by atoms with Crippen LogP contribution in [0.1, 0.15) is 32.1 Å². The molecule has 0 saturated heterocycles. The zero-order valence-corrected chi connectivity index (χ0v) is 17.7. The summed E-state index contributed by atoms with van der Waals surface area (Å²) in [5, 5.41) is 4.65. The Morgan fingerprint density at radius 1 is 1.33 bits per heavy atom. The van der Waals surface area contributed by atoms with Gasteiger partial charge in [0.05, 0.1) is 6.54 Å². The highest BCUT2D eigenvalue weighted by Gasteiger charge is 2.36. The smallest absolute Gasteiger partial charge is 0.325 e. The van der Waals surface area contributed by atoms with Crippen molar-refractivity contribution in [2.75, 3.05) is 17.2 Å². The topological polar surface area (TPSA) is 75.6 Å². The average molecular weight is 440 g/mol. The van der Waals surface area contributed by atoms with Gasteiger partial charge < -0.3 is 10.1 Å². The van der Waals surface area contributed by atoms with Crippen LogP contribution in [0.2, 0.25) is 0 Å². The van der Waals surface area contributed by atoms with Gasteiger partial charge in [-0.1, -0.05) is 26.8 Å². The number of alkyl halides is 1. The number of halogens is 3. The van der Waals surface area contributed by atoms with Crippen LogP contribution in [0, 0.1) is 17.0 Å². The van der Waals surface area contributed by atoms with E-state index in [4.69, 9.17) is 4.74 Å². The zero-order chi connectivity index (χ0) is 21.9. The Hall–Kier alpha value is -2.62. The summed E-state index contributed by atoms with van der Waals surface area (Å²) in [5.41, 5.74) is -0.658. The quantitative estimate of drug-likeness (QED) is 0.623. The number of rotatable bonds is 7. The van der Waals surface area contributed by atoms with Crippen molar-refractivity contribution < 1.29 is 22.7 Å². The van der Waals surface area contributed by atoms with Gasteiger partial charge in [-0.05, 0) is 18.6 Å². The predicted molar refractivity (Wildman–Crippen MR) is 111 cm³/mol. The Kier molecular flexibility index (Phi) is 6.64. The lowest BCUT2D eigenvalue weighted by molar-refractivity contribution is 0.0765. The van der Waals surface area contributed by atoms with E-state index in [-0.39, 0.29) is 29.0 Å². The fourth-order valence-corrected chi connectivity index (χ4v) is 3.62. The first-order chi connectivity index (χ1) is 14.2. The predicted octanol–water partition coefficient (Wildman–Crippen LogP) is 5.18. The molecule has 0 fully saturated rings. The number of carbonyl (C=O) groups is 1. The van der Waals surface area contributed by atoms with E-state index in [0.29, 0.717) is 11.4 Å². The van der Waals surface area contributed by atoms with Crippen LogP contribution in [0.15, 0.2) is 29.4 Å². The third-order valence-electron chi connectivity index (χ3n) is 5.08. The molecular formula is C20H23F3N4O2S. The minimum absolute atomic E-state index is 0.00101. The van der Waals surface area contributed by atoms with Crippen LogP contribution < -0.4 is 10.6 Å². The van der Waals surface area contributed by atoms with Crippen molar-refractivity contribution in [1.29, 1.82) is 0 Å². The van der Waals surface area contributed by atoms with Crippen LogP contribution in [-0.4, -0.2) is 35.7 Å². The fraction of sp³-hybridized carbons (Fsp3) is 0.450. The molecule has 3 rings (SSSR count). The van der Waals surface area contributed by atoms with Gasteiger partial charge in [0.1, 0.15) is 23.4 Å². The summed E-state index contributed by atoms with van der Waals surface area (Å²) in [6, 6.07) is 2.39. The first-order valence-electron chi connectivity index (χ1n) is 9.51. The number of benzene rings is 1. The summed E-state index contributed by atoms with van der Waals surface area (Å²) < 4.78 is 47.6. The van der Waals surface area contributed by atoms with Crippen LogP contribution in [0.5, 0.6) is 0 Å². The molecule has 1 aromatic carbocycles. The molecule has 1 aliphatic rings. The Morgan fingerprint density at radius 3 is 2.70 bits per heavy atom. The average Bonchev–Trinajstić information content (AvgIpc) is 3.35. The fourth-order valence-electron chi connectivity index (χ4n) is 2.78. The lowest BCUT2D eigenvalue weighted by Gasteiger charge is -2.29. The number of aliphatic imine (C=N–C) groups is 1. The summed E-state index contributed by atoms with van der Waals surface area (Å²) in [6.45, 7) is 6.60. The zero-order valence-electron chi connectivity index (χ0n) is 16.8. The summed E-state index contributed by atoms with van der Waals surface area (Å²) >= 11 is 1.06. The highest BCUT2D eigenvalue weighted by Crippen LogP contribution is 2.31. The first-order valence-corrected chi connectivity index (χ1v) is 10.3. The molecule has 162 valence electrons. The number of aromatic nitrogens is 1. The van der Waals surface area contributed by atoms with Crippen LogP contribution in [0.3, 0.4) is 0 Å². The Labute approximate surface area is 176 Å². The van der Waals surface area contributed by atoms with Gasteiger partial charge in [-0.3, -0.25) is 5.32 Å². The molecule has 0 radical (unpaired) electrons. The largest absolute Gasteiger partial charge is 0.473 e. The van der Waals surface area contributed by atoms with Gasteiger partial charge in [0.2, 0.25) is 5.90 Å². The van der Waals surface area contributed by atoms with E-state index in [0.717, 1.165) is 29.9 Å². The number of nitrogens with zero attached hydrogens (tertiary/aromatic N) is 2. The minimum Gasteiger partial charge on any atom is -0.473 e. The van der Waals surface area contributed by atoms with Gasteiger partial charge in [0.15, 0.2) is 11.3 Å². The Bertz CT molecular complexity index is 928. The summed E-state index contributed by atoms with van der Waals surface area (Å²) in [6.07, 6.45) is 0.745. The lowest BCUT2D eigenvalue weighted by atomic mass is 9.84. The van der Waals surface area contributed by atoms with Crippen molar-refractivity contribution >= 4 is 34.1 Å². The van der Waals surface area contributed by atoms with Crippen LogP contribution in [0.4, 0.5) is 28.8 Å². The molecule has 2 amide bonds. The van der Waals surface area contributed by atoms with Crippen molar-refractivity contribution in [2.45, 2.75) is 45.9 Å². The van der Waals surface area contributed by atoms with E-state index in [1.807, 2.05) is 0 Å². The van der Waals surface area contributed by atoms with Crippen LogP contribution in [0.25, 0.3) is 0 Å². The molecule has 30 heavy (non-hydrogen) atoms. The molecule has 0 spiro atoms. The molecule has 2 unspecified atom stereocenters. The number of amides is 2. The second kappa shape index (κ2) is 9.03. The molecule has 10 heteroatoms. The molecule has 2 heterocycles. The maximum absolute atomic E-state index is 14.6. The van der Waals surface area contributed by atoms with Crippen molar-refractivity contribution in [1.82, 2.24) is 4.98 Å². The summed E-state index contributed by atoms with van der Waals surface area (Å²) in [7, 11) is 0. The number of hydrogen-bond acceptors (Lipinski definition) is 5. The van der Waals surface area contributed by atoms with E-state index in [1.165, 1.54) is 12.3 Å². The molecule has 2 atom stereocenters. The number of nitrogens with one attached hydrogen (secondary N) is 2. The molecule has 1 aliphatic heterocycles. The van der Waals surface area contributed by atoms with E-state index in [9.17, 15) is 18.0 Å². The third kappa shape index (κ3) is 5.10. The Balaban J connectivity index is 1.54. The maximum atomic E-state index is 14.6. The van der Waals surface area contributed by atoms with Crippen molar-refractivity contribution in [3.8, 4) is 0 Å². The molecule has 6 nitrogen and oxygen atoms in total. The highest BCUT2D eigenvalue weighted by atomic mass is 32.1. The number of ether oxygens (including phenoxy) is 1. The Morgan fingerprint density at radius 2 is 2.03 bits per heavy atom. The van der Waals surface area contributed by atoms with Gasteiger partial charge in [0.25, 0.3) is 0 Å². The second-order valence-electron chi connectivity index (χ2n) is 7.61. The molecule has 0 aliphatic carbocycles. The lowest BCUT2D eigenvalue weighted by Crippen LogP contribution is -2.33. The van der Waals surface area contributed by atoms with Gasteiger partial charge in [-0.2, -0.15) is 0 Å². The van der Waals surface area contributed by atoms with Gasteiger partial charge in [-0.15, -0.1) is 11.3 Å². The normalized spacial score (nSPS) is 17.3. The number of para-hydroxylation sites is 1. The van der Waals surface area contributed by atoms with Gasteiger partial charge >= 0.3 is 6.03 Å². The van der Waals surface area contributed by atoms with E-state index >= 15 is 0 Å². The van der Waals surface area contributed by atoms with E-state index in [2.05, 4.69) is 41.4 Å². The van der Waals surface area contributed by atoms with Gasteiger partial charge in [0, 0.05) is 22.9 Å².